The molecule has 6 N–H and O–H groups in total. The van der Waals surface area contributed by atoms with E-state index in [1.807, 2.05) is 82.3 Å². The summed E-state index contributed by atoms with van der Waals surface area (Å²) in [6.07, 6.45) is 4.24. The van der Waals surface area contributed by atoms with Crippen molar-refractivity contribution in [2.75, 3.05) is 40.9 Å². The third kappa shape index (κ3) is 20.2. The van der Waals surface area contributed by atoms with Gasteiger partial charge in [0.05, 0.1) is 37.3 Å². The Kier molecular flexibility index (Phi) is 28.1. The van der Waals surface area contributed by atoms with E-state index in [9.17, 15) is 33.6 Å². The van der Waals surface area contributed by atoms with Gasteiger partial charge in [-0.1, -0.05) is 120 Å². The molecule has 4 rings (SSSR count). The third-order valence-electron chi connectivity index (χ3n) is 10.5. The molecular formula is C49H72N6O9. The van der Waals surface area contributed by atoms with Crippen molar-refractivity contribution >= 4 is 42.7 Å². The molecule has 1 aliphatic carbocycles. The lowest BCUT2D eigenvalue weighted by Gasteiger charge is -2.24. The number of carbonyl (C=O) groups is 7. The predicted octanol–water partition coefficient (Wildman–Crippen LogP) is 4.75. The van der Waals surface area contributed by atoms with Gasteiger partial charge >= 0.3 is 6.09 Å². The minimum absolute atomic E-state index is 0.0321. The summed E-state index contributed by atoms with van der Waals surface area (Å²) >= 11 is 0. The van der Waals surface area contributed by atoms with Crippen LogP contribution in [0.2, 0.25) is 0 Å². The van der Waals surface area contributed by atoms with Gasteiger partial charge in [0.15, 0.2) is 0 Å². The van der Waals surface area contributed by atoms with Crippen molar-refractivity contribution in [3.05, 3.63) is 95.6 Å². The van der Waals surface area contributed by atoms with Crippen LogP contribution in [0.25, 0.3) is 11.1 Å². The standard InChI is InChI=1S/C23H36N4O4.C18H17NO3.C5H12O.C3H7NO/c1-6-16(4)21(24-5)23(31)25-13-20(29)26-18(12-17-10-8-7-9-11-17)22(30)27-19(14-28)15(2)3;1-12(10-20)19-18(21)22-11-17-15-8-4-2-6-13(15)14-7-3-5-9-16(14)17;1-4-5(2)6-3;1-4-2-3-5/h7-11,14-16,18-19,21,24H,6,12-13H2,1-5H3,(H,25,31)(H,26,29)(H,27,30);2-10,12,17H,11H2,1H3,(H,19,21);5H,4H2,1-3H3;3-4H,2H2,1H3. The Balaban J connectivity index is 0.000000533. The quantitative estimate of drug-likeness (QED) is 0.0805. The number of benzene rings is 3. The van der Waals surface area contributed by atoms with Gasteiger partial charge in [-0.05, 0) is 74.0 Å². The number of nitrogens with one attached hydrogen (secondary N) is 6. The van der Waals surface area contributed by atoms with Gasteiger partial charge in [0.2, 0.25) is 17.7 Å². The molecule has 1 aliphatic rings. The first-order valence-electron chi connectivity index (χ1n) is 21.9. The SMILES string of the molecule is CC(C=O)NC(=O)OCC1c2ccccc2-c2ccccc21.CCC(C)C(NC)C(=O)NCC(=O)NC(Cc1ccccc1)C(=O)NC(C=O)C(C)C.CCC(C)OC.CNCC=O. The second-order valence-electron chi connectivity index (χ2n) is 15.7. The van der Waals surface area contributed by atoms with Gasteiger partial charge in [0.25, 0.3) is 0 Å². The van der Waals surface area contributed by atoms with Gasteiger partial charge in [-0.3, -0.25) is 14.4 Å². The van der Waals surface area contributed by atoms with Gasteiger partial charge in [-0.15, -0.1) is 0 Å². The minimum atomic E-state index is -0.873. The molecule has 0 radical (unpaired) electrons. The highest BCUT2D eigenvalue weighted by Gasteiger charge is 2.29. The zero-order valence-electron chi connectivity index (χ0n) is 39.3. The van der Waals surface area contributed by atoms with Crippen molar-refractivity contribution in [1.82, 2.24) is 31.9 Å². The summed E-state index contributed by atoms with van der Waals surface area (Å²) in [6, 6.07) is 23.1. The number of ether oxygens (including phenoxy) is 2. The van der Waals surface area contributed by atoms with E-state index in [1.54, 1.807) is 28.1 Å². The van der Waals surface area contributed by atoms with Gasteiger partial charge < -0.3 is 55.8 Å². The summed E-state index contributed by atoms with van der Waals surface area (Å²) in [5, 5.41) is 16.1. The minimum Gasteiger partial charge on any atom is -0.449 e. The number of methoxy groups -OCH3 is 1. The molecule has 15 nitrogen and oxygen atoms in total. The molecular weight excluding hydrogens is 817 g/mol. The lowest BCUT2D eigenvalue weighted by Crippen LogP contribution is -2.54. The molecule has 3 aromatic rings. The summed E-state index contributed by atoms with van der Waals surface area (Å²) < 4.78 is 10.2. The Morgan fingerprint density at radius 2 is 1.30 bits per heavy atom. The third-order valence-corrected chi connectivity index (χ3v) is 10.5. The maximum Gasteiger partial charge on any atom is 0.407 e. The van der Waals surface area contributed by atoms with E-state index < -0.39 is 42.1 Å². The first-order chi connectivity index (χ1) is 30.7. The van der Waals surface area contributed by atoms with Crippen molar-refractivity contribution in [1.29, 1.82) is 0 Å². The summed E-state index contributed by atoms with van der Waals surface area (Å²) in [4.78, 5) is 80.5. The molecule has 6 atom stereocenters. The lowest BCUT2D eigenvalue weighted by molar-refractivity contribution is -0.131. The maximum absolute atomic E-state index is 12.8. The summed E-state index contributed by atoms with van der Waals surface area (Å²) in [5.74, 6) is -1.12. The van der Waals surface area contributed by atoms with Crippen LogP contribution < -0.4 is 31.9 Å². The molecule has 0 bridgehead atoms. The fraction of sp³-hybridized carbons (Fsp3) is 0.490. The fourth-order valence-corrected chi connectivity index (χ4v) is 6.22. The first kappa shape index (κ1) is 56.2. The second kappa shape index (κ2) is 32.0. The van der Waals surface area contributed by atoms with E-state index in [-0.39, 0.29) is 43.2 Å². The molecule has 0 aliphatic heterocycles. The van der Waals surface area contributed by atoms with Crippen LogP contribution in [-0.4, -0.2) is 114 Å². The van der Waals surface area contributed by atoms with E-state index in [2.05, 4.69) is 70.0 Å². The molecule has 3 aromatic carbocycles. The van der Waals surface area contributed by atoms with Crippen molar-refractivity contribution in [2.45, 2.75) is 104 Å². The largest absolute Gasteiger partial charge is 0.449 e. The Labute approximate surface area is 380 Å². The molecule has 352 valence electrons. The van der Waals surface area contributed by atoms with Crippen molar-refractivity contribution in [3.8, 4) is 11.1 Å². The molecule has 64 heavy (non-hydrogen) atoms. The summed E-state index contributed by atoms with van der Waals surface area (Å²) in [6.45, 7) is 13.8. The monoisotopic (exact) mass is 889 g/mol. The Bertz CT molecular complexity index is 1810. The van der Waals surface area contributed by atoms with Crippen LogP contribution in [0, 0.1) is 11.8 Å². The number of hydrogen-bond donors (Lipinski definition) is 6. The van der Waals surface area contributed by atoms with E-state index in [0.717, 1.165) is 24.7 Å². The zero-order valence-corrected chi connectivity index (χ0v) is 39.3. The number of likely N-dealkylation sites (N-methyl/N-ethyl adjacent to an activating group) is 2. The highest BCUT2D eigenvalue weighted by Crippen LogP contribution is 2.44. The van der Waals surface area contributed by atoms with Crippen LogP contribution in [0.15, 0.2) is 78.9 Å². The summed E-state index contributed by atoms with van der Waals surface area (Å²) in [7, 11) is 5.16. The van der Waals surface area contributed by atoms with Gasteiger partial charge in [-0.25, -0.2) is 4.79 Å². The molecule has 6 unspecified atom stereocenters. The van der Waals surface area contributed by atoms with Crippen LogP contribution in [-0.2, 0) is 44.7 Å². The summed E-state index contributed by atoms with van der Waals surface area (Å²) in [5.41, 5.74) is 5.58. The van der Waals surface area contributed by atoms with Crippen LogP contribution >= 0.6 is 0 Å². The Morgan fingerprint density at radius 3 is 1.73 bits per heavy atom. The second-order valence-corrected chi connectivity index (χ2v) is 15.7. The zero-order chi connectivity index (χ0) is 48.0. The van der Waals surface area contributed by atoms with Gasteiger partial charge in [0, 0.05) is 19.4 Å². The number of aldehydes is 3. The molecule has 4 amide bonds. The molecule has 0 fully saturated rings. The van der Waals surface area contributed by atoms with Crippen LogP contribution in [0.5, 0.6) is 0 Å². The van der Waals surface area contributed by atoms with Crippen molar-refractivity contribution < 1.29 is 43.0 Å². The molecule has 0 spiro atoms. The molecule has 15 heteroatoms. The van der Waals surface area contributed by atoms with Gasteiger partial charge in [0.1, 0.15) is 31.5 Å². The molecule has 0 aromatic heterocycles. The topological polar surface area (TPSA) is 210 Å². The number of amides is 4. The highest BCUT2D eigenvalue weighted by atomic mass is 16.5. The van der Waals surface area contributed by atoms with E-state index in [4.69, 9.17) is 9.47 Å². The normalized spacial score (nSPS) is 13.9. The maximum atomic E-state index is 12.8. The highest BCUT2D eigenvalue weighted by molar-refractivity contribution is 5.92. The van der Waals surface area contributed by atoms with E-state index in [1.165, 1.54) is 22.3 Å². The van der Waals surface area contributed by atoms with E-state index >= 15 is 0 Å². The first-order valence-corrected chi connectivity index (χ1v) is 21.9. The van der Waals surface area contributed by atoms with Crippen molar-refractivity contribution in [3.63, 3.8) is 0 Å². The molecule has 0 heterocycles. The number of fused-ring (bicyclic) bond motifs is 3. The van der Waals surface area contributed by atoms with Crippen LogP contribution in [0.4, 0.5) is 4.79 Å². The van der Waals surface area contributed by atoms with E-state index in [0.29, 0.717) is 25.2 Å². The van der Waals surface area contributed by atoms with Gasteiger partial charge in [-0.2, -0.15) is 0 Å². The number of alkyl carbamates (subject to hydrolysis) is 1. The number of hydrogen-bond acceptors (Lipinski definition) is 11. The van der Waals surface area contributed by atoms with Crippen LogP contribution in [0.1, 0.15) is 83.9 Å². The fourth-order valence-electron chi connectivity index (χ4n) is 6.22. The average Bonchev–Trinajstić information content (AvgIpc) is 3.63. The van der Waals surface area contributed by atoms with Crippen LogP contribution in [0.3, 0.4) is 0 Å². The smallest absolute Gasteiger partial charge is 0.407 e. The predicted molar refractivity (Wildman–Crippen MR) is 251 cm³/mol. The number of carbonyl (C=O) groups excluding carboxylic acids is 7. The molecule has 0 saturated heterocycles. The van der Waals surface area contributed by atoms with Crippen molar-refractivity contribution in [2.24, 2.45) is 11.8 Å². The number of rotatable bonds is 21. The Hall–Kier alpha value is -5.77. The Morgan fingerprint density at radius 1 is 0.719 bits per heavy atom. The lowest BCUT2D eigenvalue weighted by atomic mass is 9.98. The average molecular weight is 889 g/mol. The molecule has 0 saturated carbocycles.